The average Bonchev–Trinajstić information content (AvgIpc) is 3.25. The van der Waals surface area contributed by atoms with Gasteiger partial charge >= 0.3 is 0 Å². The zero-order chi connectivity index (χ0) is 17.2. The minimum Gasteiger partial charge on any atom is -0.475 e. The van der Waals surface area contributed by atoms with Gasteiger partial charge in [-0.15, -0.1) is 0 Å². The van der Waals surface area contributed by atoms with Crippen LogP contribution in [0.25, 0.3) is 10.9 Å². The van der Waals surface area contributed by atoms with Crippen molar-refractivity contribution in [2.75, 3.05) is 13.1 Å². The van der Waals surface area contributed by atoms with Crippen molar-refractivity contribution >= 4 is 26.8 Å². The summed E-state index contributed by atoms with van der Waals surface area (Å²) in [5, 5.41) is 1.22. The fraction of sp³-hybridized carbons (Fsp3) is 0.333. The van der Waals surface area contributed by atoms with Gasteiger partial charge in [-0.2, -0.15) is 0 Å². The van der Waals surface area contributed by atoms with Crippen LogP contribution in [0.15, 0.2) is 59.2 Å². The summed E-state index contributed by atoms with van der Waals surface area (Å²) in [4.78, 5) is 2.41. The molecule has 0 bridgehead atoms. The first-order valence-electron chi connectivity index (χ1n) is 8.93. The lowest BCUT2D eigenvalue weighted by Crippen LogP contribution is -2.34. The van der Waals surface area contributed by atoms with Gasteiger partial charge in [0.25, 0.3) is 0 Å². The second-order valence-electron chi connectivity index (χ2n) is 6.75. The summed E-state index contributed by atoms with van der Waals surface area (Å²) < 4.78 is 9.56. The molecule has 1 saturated heterocycles. The summed E-state index contributed by atoms with van der Waals surface area (Å²) in [5.74, 6) is 0.951. The first-order valence-corrected chi connectivity index (χ1v) is 9.72. The molecule has 0 aliphatic carbocycles. The lowest BCUT2D eigenvalue weighted by Gasteiger charge is -2.24. The summed E-state index contributed by atoms with van der Waals surface area (Å²) in [6, 6.07) is 17.0. The van der Waals surface area contributed by atoms with Gasteiger partial charge in [0.05, 0.1) is 0 Å². The summed E-state index contributed by atoms with van der Waals surface area (Å²) in [6.45, 7) is 5.31. The van der Waals surface area contributed by atoms with Gasteiger partial charge in [0, 0.05) is 41.2 Å². The van der Waals surface area contributed by atoms with Gasteiger partial charge in [0.1, 0.15) is 12.0 Å². The molecule has 0 amide bonds. The fourth-order valence-electron chi connectivity index (χ4n) is 3.60. The first kappa shape index (κ1) is 16.7. The van der Waals surface area contributed by atoms with E-state index in [0.717, 1.165) is 29.9 Å². The summed E-state index contributed by atoms with van der Waals surface area (Å²) >= 11 is 3.55. The van der Waals surface area contributed by atoms with Crippen LogP contribution in [0.5, 0.6) is 5.75 Å². The highest BCUT2D eigenvalue weighted by molar-refractivity contribution is 9.10. The largest absolute Gasteiger partial charge is 0.475 e. The van der Waals surface area contributed by atoms with E-state index in [2.05, 4.69) is 87.0 Å². The molecule has 0 radical (unpaired) electrons. The molecule has 0 N–H and O–H groups in total. The summed E-state index contributed by atoms with van der Waals surface area (Å²) in [6.07, 6.45) is 4.86. The number of benzene rings is 2. The SMILES string of the molecule is CC(Oc1ccc2c(ccn2Cc2cccc(Br)c2)c1)N1CCCC1. The van der Waals surface area contributed by atoms with E-state index >= 15 is 0 Å². The van der Waals surface area contributed by atoms with E-state index in [4.69, 9.17) is 4.74 Å². The van der Waals surface area contributed by atoms with Crippen LogP contribution in [0.2, 0.25) is 0 Å². The quantitative estimate of drug-likeness (QED) is 0.581. The first-order chi connectivity index (χ1) is 12.2. The maximum Gasteiger partial charge on any atom is 0.149 e. The standard InChI is InChI=1S/C21H23BrN2O/c1-16(23-10-2-3-11-23)25-20-7-8-21-18(14-20)9-12-24(21)15-17-5-4-6-19(22)13-17/h4-9,12-14,16H,2-3,10-11,15H2,1H3. The van der Waals surface area contributed by atoms with E-state index in [1.807, 2.05) is 0 Å². The topological polar surface area (TPSA) is 17.4 Å². The van der Waals surface area contributed by atoms with Crippen LogP contribution in [0.1, 0.15) is 25.3 Å². The molecule has 130 valence electrons. The van der Waals surface area contributed by atoms with Gasteiger partial charge in [-0.05, 0) is 61.7 Å². The molecule has 1 fully saturated rings. The van der Waals surface area contributed by atoms with Crippen LogP contribution >= 0.6 is 15.9 Å². The normalized spacial score (nSPS) is 16.4. The number of ether oxygens (including phenoxy) is 1. The minimum atomic E-state index is 0.142. The highest BCUT2D eigenvalue weighted by Crippen LogP contribution is 2.25. The molecule has 1 unspecified atom stereocenters. The van der Waals surface area contributed by atoms with Crippen molar-refractivity contribution in [2.45, 2.75) is 32.5 Å². The lowest BCUT2D eigenvalue weighted by atomic mass is 10.2. The van der Waals surface area contributed by atoms with Gasteiger partial charge in [-0.1, -0.05) is 28.1 Å². The second-order valence-corrected chi connectivity index (χ2v) is 7.67. The monoisotopic (exact) mass is 398 g/mol. The van der Waals surface area contributed by atoms with Crippen molar-refractivity contribution < 1.29 is 4.74 Å². The molecule has 25 heavy (non-hydrogen) atoms. The van der Waals surface area contributed by atoms with E-state index in [-0.39, 0.29) is 6.23 Å². The molecule has 3 nitrogen and oxygen atoms in total. The number of aromatic nitrogens is 1. The van der Waals surface area contributed by atoms with E-state index in [9.17, 15) is 0 Å². The Kier molecular flexibility index (Phi) is 4.82. The Morgan fingerprint density at radius 1 is 1.08 bits per heavy atom. The van der Waals surface area contributed by atoms with Gasteiger partial charge in [-0.3, -0.25) is 4.90 Å². The van der Waals surface area contributed by atoms with Crippen molar-refractivity contribution in [2.24, 2.45) is 0 Å². The van der Waals surface area contributed by atoms with Crippen LogP contribution in [-0.4, -0.2) is 28.8 Å². The number of fused-ring (bicyclic) bond motifs is 1. The second kappa shape index (κ2) is 7.22. The van der Waals surface area contributed by atoms with E-state index in [1.165, 1.54) is 29.3 Å². The van der Waals surface area contributed by atoms with Crippen molar-refractivity contribution in [3.8, 4) is 5.75 Å². The Balaban J connectivity index is 1.52. The zero-order valence-corrected chi connectivity index (χ0v) is 16.1. The molecule has 2 aromatic carbocycles. The van der Waals surface area contributed by atoms with Crippen molar-refractivity contribution in [1.82, 2.24) is 9.47 Å². The Bertz CT molecular complexity index is 867. The minimum absolute atomic E-state index is 0.142. The zero-order valence-electron chi connectivity index (χ0n) is 14.5. The maximum atomic E-state index is 6.16. The third kappa shape index (κ3) is 3.75. The Hall–Kier alpha value is -1.78. The molecule has 4 rings (SSSR count). The summed E-state index contributed by atoms with van der Waals surface area (Å²) in [7, 11) is 0. The van der Waals surface area contributed by atoms with Crippen molar-refractivity contribution in [3.63, 3.8) is 0 Å². The van der Waals surface area contributed by atoms with Gasteiger partial charge < -0.3 is 9.30 Å². The maximum absolute atomic E-state index is 6.16. The molecule has 1 aliphatic heterocycles. The number of nitrogens with zero attached hydrogens (tertiary/aromatic N) is 2. The molecule has 4 heteroatoms. The highest BCUT2D eigenvalue weighted by atomic mass is 79.9. The van der Waals surface area contributed by atoms with Gasteiger partial charge in [-0.25, -0.2) is 0 Å². The predicted molar refractivity (Wildman–Crippen MR) is 106 cm³/mol. The average molecular weight is 399 g/mol. The molecular weight excluding hydrogens is 376 g/mol. The van der Waals surface area contributed by atoms with Crippen LogP contribution in [0.3, 0.4) is 0 Å². The van der Waals surface area contributed by atoms with E-state index < -0.39 is 0 Å². The molecule has 2 heterocycles. The van der Waals surface area contributed by atoms with Crippen LogP contribution in [0, 0.1) is 0 Å². The third-order valence-corrected chi connectivity index (χ3v) is 5.44. The fourth-order valence-corrected chi connectivity index (χ4v) is 4.04. The number of rotatable bonds is 5. The molecule has 1 atom stereocenters. The van der Waals surface area contributed by atoms with Crippen LogP contribution in [0.4, 0.5) is 0 Å². The van der Waals surface area contributed by atoms with Gasteiger partial charge in [0.2, 0.25) is 0 Å². The highest BCUT2D eigenvalue weighted by Gasteiger charge is 2.19. The number of hydrogen-bond donors (Lipinski definition) is 0. The van der Waals surface area contributed by atoms with E-state index in [0.29, 0.717) is 0 Å². The number of halogens is 1. The molecule has 0 spiro atoms. The lowest BCUT2D eigenvalue weighted by molar-refractivity contribution is 0.0593. The Morgan fingerprint density at radius 3 is 2.72 bits per heavy atom. The molecule has 3 aromatic rings. The summed E-state index contributed by atoms with van der Waals surface area (Å²) in [5.41, 5.74) is 2.52. The van der Waals surface area contributed by atoms with Crippen molar-refractivity contribution in [3.05, 3.63) is 64.8 Å². The predicted octanol–water partition coefficient (Wildman–Crippen LogP) is 5.27. The van der Waals surface area contributed by atoms with E-state index in [1.54, 1.807) is 0 Å². The molecule has 0 saturated carbocycles. The van der Waals surface area contributed by atoms with Gasteiger partial charge in [0.15, 0.2) is 0 Å². The smallest absolute Gasteiger partial charge is 0.149 e. The number of hydrogen-bond acceptors (Lipinski definition) is 2. The number of likely N-dealkylation sites (tertiary alicyclic amines) is 1. The van der Waals surface area contributed by atoms with Crippen LogP contribution in [-0.2, 0) is 6.54 Å². The van der Waals surface area contributed by atoms with Crippen molar-refractivity contribution in [1.29, 1.82) is 0 Å². The molecule has 1 aromatic heterocycles. The van der Waals surface area contributed by atoms with Crippen LogP contribution < -0.4 is 4.74 Å². The molecular formula is C21H23BrN2O. The Morgan fingerprint density at radius 2 is 1.92 bits per heavy atom. The third-order valence-electron chi connectivity index (χ3n) is 4.95. The Labute approximate surface area is 157 Å². The molecule has 1 aliphatic rings.